The molecule has 2 aliphatic rings. The molecule has 1 aliphatic heterocycles. The summed E-state index contributed by atoms with van der Waals surface area (Å²) in [6, 6.07) is 8.33. The van der Waals surface area contributed by atoms with Crippen LogP contribution in [0.4, 0.5) is 0 Å². The van der Waals surface area contributed by atoms with Crippen LogP contribution in [-0.4, -0.2) is 31.1 Å². The first-order valence-electron chi connectivity index (χ1n) is 7.37. The molecule has 1 aliphatic carbocycles. The number of carbonyl (C=O) groups is 1. The van der Waals surface area contributed by atoms with E-state index in [0.717, 1.165) is 30.3 Å². The van der Waals surface area contributed by atoms with E-state index in [1.54, 1.807) is 0 Å². The van der Waals surface area contributed by atoms with E-state index in [0.29, 0.717) is 17.7 Å². The minimum atomic E-state index is -0.0414. The molecule has 3 atom stereocenters. The summed E-state index contributed by atoms with van der Waals surface area (Å²) < 4.78 is 6.49. The van der Waals surface area contributed by atoms with E-state index >= 15 is 0 Å². The Labute approximate surface area is 132 Å². The zero-order valence-corrected chi connectivity index (χ0v) is 13.4. The molecule has 1 aromatic rings. The molecule has 114 valence electrons. The van der Waals surface area contributed by atoms with E-state index in [4.69, 9.17) is 4.74 Å². The minimum Gasteiger partial charge on any atom is -0.484 e. The van der Waals surface area contributed by atoms with Gasteiger partial charge in [0.1, 0.15) is 5.75 Å². The highest BCUT2D eigenvalue weighted by Crippen LogP contribution is 2.26. The van der Waals surface area contributed by atoms with Gasteiger partial charge in [0, 0.05) is 23.1 Å². The molecule has 1 saturated heterocycles. The first-order chi connectivity index (χ1) is 10.2. The summed E-state index contributed by atoms with van der Waals surface area (Å²) in [4.78, 5) is 12.0. The van der Waals surface area contributed by atoms with Crippen molar-refractivity contribution in [1.82, 2.24) is 16.2 Å². The van der Waals surface area contributed by atoms with Crippen molar-refractivity contribution in [1.29, 1.82) is 0 Å². The summed E-state index contributed by atoms with van der Waals surface area (Å²) in [6.45, 7) is 1.06. The van der Waals surface area contributed by atoms with Crippen LogP contribution in [0.1, 0.15) is 19.3 Å². The quantitative estimate of drug-likeness (QED) is 0.769. The lowest BCUT2D eigenvalue weighted by Gasteiger charge is -2.31. The number of carbonyl (C=O) groups excluding carboxylic acids is 1. The highest BCUT2D eigenvalue weighted by molar-refractivity contribution is 9.10. The maximum Gasteiger partial charge on any atom is 0.258 e. The molecule has 1 aromatic carbocycles. The molecular weight excluding hydrogens is 334 g/mol. The van der Waals surface area contributed by atoms with Gasteiger partial charge in [0.2, 0.25) is 0 Å². The molecule has 21 heavy (non-hydrogen) atoms. The molecule has 6 heteroatoms. The average molecular weight is 354 g/mol. The van der Waals surface area contributed by atoms with E-state index < -0.39 is 0 Å². The number of nitrogens with one attached hydrogen (secondary N) is 3. The molecule has 3 N–H and O–H groups in total. The van der Waals surface area contributed by atoms with Crippen molar-refractivity contribution < 1.29 is 9.53 Å². The summed E-state index contributed by atoms with van der Waals surface area (Å²) in [6.07, 6.45) is 3.17. The van der Waals surface area contributed by atoms with Crippen LogP contribution in [0.2, 0.25) is 0 Å². The van der Waals surface area contributed by atoms with Crippen LogP contribution in [0.25, 0.3) is 0 Å². The van der Waals surface area contributed by atoms with E-state index in [9.17, 15) is 4.79 Å². The molecule has 3 unspecified atom stereocenters. The topological polar surface area (TPSA) is 62.4 Å². The molecular formula is C15H20BrN3O2. The smallest absolute Gasteiger partial charge is 0.258 e. The Bertz CT molecular complexity index is 494. The third-order valence-electron chi connectivity index (χ3n) is 4.18. The van der Waals surface area contributed by atoms with E-state index in [2.05, 4.69) is 32.1 Å². The number of halogens is 1. The summed E-state index contributed by atoms with van der Waals surface area (Å²) in [5.41, 5.74) is 6.49. The van der Waals surface area contributed by atoms with Gasteiger partial charge in [-0.25, -0.2) is 0 Å². The molecule has 0 aromatic heterocycles. The maximum absolute atomic E-state index is 12.0. The second-order valence-corrected chi connectivity index (χ2v) is 6.63. The second kappa shape index (κ2) is 6.77. The van der Waals surface area contributed by atoms with E-state index in [1.807, 2.05) is 24.3 Å². The Balaban J connectivity index is 1.43. The van der Waals surface area contributed by atoms with Crippen molar-refractivity contribution in [2.45, 2.75) is 31.3 Å². The number of hydrogen-bond acceptors (Lipinski definition) is 4. The van der Waals surface area contributed by atoms with Crippen molar-refractivity contribution in [2.75, 3.05) is 13.2 Å². The molecule has 0 radical (unpaired) electrons. The van der Waals surface area contributed by atoms with Crippen molar-refractivity contribution >= 4 is 21.8 Å². The van der Waals surface area contributed by atoms with Gasteiger partial charge in [-0.3, -0.25) is 15.6 Å². The van der Waals surface area contributed by atoms with Gasteiger partial charge in [-0.2, -0.15) is 0 Å². The Kier molecular flexibility index (Phi) is 4.77. The molecule has 1 heterocycles. The van der Waals surface area contributed by atoms with Crippen molar-refractivity contribution in [2.24, 2.45) is 5.92 Å². The van der Waals surface area contributed by atoms with Gasteiger partial charge in [0.05, 0.1) is 0 Å². The molecule has 0 spiro atoms. The van der Waals surface area contributed by atoms with Gasteiger partial charge in [0.15, 0.2) is 6.61 Å². The van der Waals surface area contributed by atoms with Crippen LogP contribution in [0.5, 0.6) is 5.75 Å². The Morgan fingerprint density at radius 1 is 1.33 bits per heavy atom. The number of fused-ring (bicyclic) bond motifs is 1. The van der Waals surface area contributed by atoms with E-state index in [1.165, 1.54) is 0 Å². The lowest BCUT2D eigenvalue weighted by Crippen LogP contribution is -2.45. The van der Waals surface area contributed by atoms with Crippen molar-refractivity contribution in [3.05, 3.63) is 28.7 Å². The number of rotatable bonds is 4. The maximum atomic E-state index is 12.0. The predicted molar refractivity (Wildman–Crippen MR) is 83.8 cm³/mol. The zero-order valence-electron chi connectivity index (χ0n) is 11.8. The normalized spacial score (nSPS) is 28.0. The van der Waals surface area contributed by atoms with Gasteiger partial charge in [-0.05, 0) is 49.4 Å². The molecule has 3 rings (SSSR count). The van der Waals surface area contributed by atoms with Crippen molar-refractivity contribution in [3.8, 4) is 5.75 Å². The summed E-state index contributed by atoms with van der Waals surface area (Å²) in [5.74, 6) is 1.29. The Morgan fingerprint density at radius 3 is 2.95 bits per heavy atom. The van der Waals surface area contributed by atoms with E-state index in [-0.39, 0.29) is 18.6 Å². The van der Waals surface area contributed by atoms with Crippen LogP contribution in [0.3, 0.4) is 0 Å². The zero-order chi connectivity index (χ0) is 14.7. The number of hydrogen-bond donors (Lipinski definition) is 3. The standard InChI is InChI=1S/C15H20BrN3O2/c16-11-1-4-13(5-2-11)21-9-15(20)18-12-3-6-14-10(7-12)8-17-19-14/h1-2,4-5,10,12,14,17,19H,3,6-9H2,(H,18,20). The highest BCUT2D eigenvalue weighted by atomic mass is 79.9. The Hall–Kier alpha value is -1.11. The van der Waals surface area contributed by atoms with Crippen LogP contribution < -0.4 is 20.9 Å². The number of hydrazine groups is 1. The van der Waals surface area contributed by atoms with Gasteiger partial charge >= 0.3 is 0 Å². The van der Waals surface area contributed by atoms with Crippen LogP contribution >= 0.6 is 15.9 Å². The first-order valence-corrected chi connectivity index (χ1v) is 8.16. The summed E-state index contributed by atoms with van der Waals surface area (Å²) >= 11 is 3.37. The fourth-order valence-corrected chi connectivity index (χ4v) is 3.35. The fourth-order valence-electron chi connectivity index (χ4n) is 3.08. The molecule has 5 nitrogen and oxygen atoms in total. The molecule has 1 amide bonds. The van der Waals surface area contributed by atoms with Gasteiger partial charge in [-0.15, -0.1) is 0 Å². The summed E-state index contributed by atoms with van der Waals surface area (Å²) in [7, 11) is 0. The van der Waals surface area contributed by atoms with Crippen LogP contribution in [0.15, 0.2) is 28.7 Å². The van der Waals surface area contributed by atoms with Gasteiger partial charge in [0.25, 0.3) is 5.91 Å². The molecule has 2 fully saturated rings. The molecule has 1 saturated carbocycles. The molecule has 0 bridgehead atoms. The lowest BCUT2D eigenvalue weighted by molar-refractivity contribution is -0.124. The minimum absolute atomic E-state index is 0.0414. The van der Waals surface area contributed by atoms with Crippen LogP contribution in [0, 0.1) is 5.92 Å². The largest absolute Gasteiger partial charge is 0.484 e. The number of benzene rings is 1. The average Bonchev–Trinajstić information content (AvgIpc) is 2.94. The third kappa shape index (κ3) is 3.96. The van der Waals surface area contributed by atoms with Crippen molar-refractivity contribution in [3.63, 3.8) is 0 Å². The number of ether oxygens (including phenoxy) is 1. The number of amides is 1. The fraction of sp³-hybridized carbons (Fsp3) is 0.533. The Morgan fingerprint density at radius 2 is 2.14 bits per heavy atom. The third-order valence-corrected chi connectivity index (χ3v) is 4.71. The second-order valence-electron chi connectivity index (χ2n) is 5.71. The predicted octanol–water partition coefficient (Wildman–Crippen LogP) is 1.59. The highest BCUT2D eigenvalue weighted by Gasteiger charge is 2.34. The van der Waals surface area contributed by atoms with Crippen LogP contribution in [-0.2, 0) is 4.79 Å². The lowest BCUT2D eigenvalue weighted by atomic mass is 9.83. The first kappa shape index (κ1) is 14.8. The van der Waals surface area contributed by atoms with Gasteiger partial charge < -0.3 is 10.1 Å². The summed E-state index contributed by atoms with van der Waals surface area (Å²) in [5, 5.41) is 3.08. The van der Waals surface area contributed by atoms with Gasteiger partial charge in [-0.1, -0.05) is 15.9 Å². The SMILES string of the molecule is O=C(COc1ccc(Br)cc1)NC1CCC2NNCC2C1. The monoisotopic (exact) mass is 353 g/mol.